The first-order valence-corrected chi connectivity index (χ1v) is 6.09. The normalized spacial score (nSPS) is 10.2. The predicted molar refractivity (Wildman–Crippen MR) is 75.0 cm³/mol. The third-order valence-electron chi connectivity index (χ3n) is 2.62. The third kappa shape index (κ3) is 2.40. The van der Waals surface area contributed by atoms with E-state index in [1.807, 2.05) is 18.2 Å². The Balaban J connectivity index is 2.66. The Bertz CT molecular complexity index is 568. The zero-order valence-corrected chi connectivity index (χ0v) is 11.5. The summed E-state index contributed by atoms with van der Waals surface area (Å²) in [5, 5.41) is 1.24. The highest BCUT2D eigenvalue weighted by atomic mass is 35.5. The van der Waals surface area contributed by atoms with Gasteiger partial charge in [0, 0.05) is 21.2 Å². The van der Waals surface area contributed by atoms with Gasteiger partial charge in [-0.15, -0.1) is 0 Å². The van der Waals surface area contributed by atoms with Crippen LogP contribution in [0, 0.1) is 0 Å². The van der Waals surface area contributed by atoms with Crippen molar-refractivity contribution in [1.82, 2.24) is 0 Å². The van der Waals surface area contributed by atoms with Gasteiger partial charge in [0.05, 0.1) is 14.2 Å². The minimum atomic E-state index is 0.617. The number of ether oxygens (including phenoxy) is 2. The molecule has 2 aromatic rings. The molecule has 0 bridgehead atoms. The fourth-order valence-corrected chi connectivity index (χ4v) is 2.19. The molecule has 2 rings (SSSR count). The van der Waals surface area contributed by atoms with Gasteiger partial charge in [0.1, 0.15) is 0 Å². The number of methoxy groups -OCH3 is 2. The zero-order valence-electron chi connectivity index (χ0n) is 10.0. The Morgan fingerprint density at radius 3 is 2.33 bits per heavy atom. The van der Waals surface area contributed by atoms with Crippen molar-refractivity contribution in [2.24, 2.45) is 0 Å². The number of rotatable bonds is 3. The van der Waals surface area contributed by atoms with Crippen molar-refractivity contribution in [3.63, 3.8) is 0 Å². The SMILES string of the molecule is COc1cccc(-c2cc(Cl)ccc2Cl)c1OC. The molecule has 0 radical (unpaired) electrons. The molecule has 2 nitrogen and oxygen atoms in total. The Kier molecular flexibility index (Phi) is 4.00. The average Bonchev–Trinajstić information content (AvgIpc) is 2.40. The molecule has 0 atom stereocenters. The molecule has 18 heavy (non-hydrogen) atoms. The highest BCUT2D eigenvalue weighted by Gasteiger charge is 2.14. The van der Waals surface area contributed by atoms with Crippen LogP contribution in [0.3, 0.4) is 0 Å². The molecule has 4 heteroatoms. The lowest BCUT2D eigenvalue weighted by molar-refractivity contribution is 0.356. The number of hydrogen-bond donors (Lipinski definition) is 0. The Hall–Kier alpha value is -1.38. The van der Waals surface area contributed by atoms with Crippen molar-refractivity contribution in [3.05, 3.63) is 46.4 Å². The maximum Gasteiger partial charge on any atom is 0.168 e. The summed E-state index contributed by atoms with van der Waals surface area (Å²) in [5.41, 5.74) is 1.67. The fraction of sp³-hybridized carbons (Fsp3) is 0.143. The monoisotopic (exact) mass is 282 g/mol. The van der Waals surface area contributed by atoms with E-state index in [2.05, 4.69) is 0 Å². The molecule has 0 aliphatic heterocycles. The number of hydrogen-bond acceptors (Lipinski definition) is 2. The van der Waals surface area contributed by atoms with Crippen molar-refractivity contribution in [1.29, 1.82) is 0 Å². The topological polar surface area (TPSA) is 18.5 Å². The van der Waals surface area contributed by atoms with E-state index < -0.39 is 0 Å². The fourth-order valence-electron chi connectivity index (χ4n) is 1.80. The first-order chi connectivity index (χ1) is 8.67. The lowest BCUT2D eigenvalue weighted by atomic mass is 10.0. The van der Waals surface area contributed by atoms with Crippen LogP contribution in [0.15, 0.2) is 36.4 Å². The molecule has 0 saturated carbocycles. The molecule has 0 amide bonds. The first-order valence-electron chi connectivity index (χ1n) is 5.33. The summed E-state index contributed by atoms with van der Waals surface area (Å²) in [7, 11) is 3.20. The summed E-state index contributed by atoms with van der Waals surface area (Å²) < 4.78 is 10.7. The van der Waals surface area contributed by atoms with Gasteiger partial charge in [-0.05, 0) is 24.3 Å². The van der Waals surface area contributed by atoms with Crippen molar-refractivity contribution < 1.29 is 9.47 Å². The zero-order chi connectivity index (χ0) is 13.1. The van der Waals surface area contributed by atoms with E-state index >= 15 is 0 Å². The quantitative estimate of drug-likeness (QED) is 0.814. The van der Waals surface area contributed by atoms with Crippen LogP contribution < -0.4 is 9.47 Å². The molecule has 0 unspecified atom stereocenters. The standard InChI is InChI=1S/C14H12Cl2O2/c1-17-13-5-3-4-10(14(13)18-2)11-8-9(15)6-7-12(11)16/h3-8H,1-2H3. The van der Waals surface area contributed by atoms with Crippen LogP contribution in [0.25, 0.3) is 11.1 Å². The molecule has 0 N–H and O–H groups in total. The van der Waals surface area contributed by atoms with Crippen LogP contribution in [-0.2, 0) is 0 Å². The first kappa shape index (κ1) is 13.1. The minimum Gasteiger partial charge on any atom is -0.493 e. The van der Waals surface area contributed by atoms with Crippen molar-refractivity contribution in [2.45, 2.75) is 0 Å². The summed E-state index contributed by atoms with van der Waals surface area (Å²) in [6.07, 6.45) is 0. The van der Waals surface area contributed by atoms with Crippen LogP contribution in [0.2, 0.25) is 10.0 Å². The molecular weight excluding hydrogens is 271 g/mol. The van der Waals surface area contributed by atoms with E-state index in [9.17, 15) is 0 Å². The van der Waals surface area contributed by atoms with Crippen LogP contribution in [0.5, 0.6) is 11.5 Å². The molecular formula is C14H12Cl2O2. The molecule has 0 aliphatic carbocycles. The second-order valence-electron chi connectivity index (χ2n) is 3.67. The molecule has 0 aliphatic rings. The van der Waals surface area contributed by atoms with Crippen LogP contribution in [-0.4, -0.2) is 14.2 Å². The van der Waals surface area contributed by atoms with Gasteiger partial charge in [0.15, 0.2) is 11.5 Å². The van der Waals surface area contributed by atoms with Gasteiger partial charge in [-0.25, -0.2) is 0 Å². The van der Waals surface area contributed by atoms with Gasteiger partial charge in [0.2, 0.25) is 0 Å². The van der Waals surface area contributed by atoms with Crippen LogP contribution in [0.4, 0.5) is 0 Å². The van der Waals surface area contributed by atoms with Crippen molar-refractivity contribution in [2.75, 3.05) is 14.2 Å². The molecule has 2 aromatic carbocycles. The predicted octanol–water partition coefficient (Wildman–Crippen LogP) is 4.68. The van der Waals surface area contributed by atoms with E-state index in [0.29, 0.717) is 21.5 Å². The van der Waals surface area contributed by atoms with Gasteiger partial charge >= 0.3 is 0 Å². The van der Waals surface area contributed by atoms with Gasteiger partial charge < -0.3 is 9.47 Å². The van der Waals surface area contributed by atoms with E-state index in [0.717, 1.165) is 11.1 Å². The maximum atomic E-state index is 6.20. The smallest absolute Gasteiger partial charge is 0.168 e. The van der Waals surface area contributed by atoms with Crippen molar-refractivity contribution >= 4 is 23.2 Å². The van der Waals surface area contributed by atoms with E-state index in [-0.39, 0.29) is 0 Å². The molecule has 0 fully saturated rings. The lowest BCUT2D eigenvalue weighted by Gasteiger charge is -2.13. The molecule has 0 heterocycles. The summed E-state index contributed by atoms with van der Waals surface area (Å²) in [6.45, 7) is 0. The second kappa shape index (κ2) is 5.51. The molecule has 0 aromatic heterocycles. The van der Waals surface area contributed by atoms with Crippen molar-refractivity contribution in [3.8, 4) is 22.6 Å². The van der Waals surface area contributed by atoms with Gasteiger partial charge in [-0.1, -0.05) is 35.3 Å². The van der Waals surface area contributed by atoms with Gasteiger partial charge in [-0.3, -0.25) is 0 Å². The minimum absolute atomic E-state index is 0.617. The number of benzene rings is 2. The second-order valence-corrected chi connectivity index (χ2v) is 4.51. The lowest BCUT2D eigenvalue weighted by Crippen LogP contribution is -1.93. The van der Waals surface area contributed by atoms with E-state index in [1.54, 1.807) is 32.4 Å². The highest BCUT2D eigenvalue weighted by Crippen LogP contribution is 2.41. The Morgan fingerprint density at radius 1 is 0.889 bits per heavy atom. The Labute approximate surface area is 116 Å². The molecule has 0 spiro atoms. The van der Waals surface area contributed by atoms with Gasteiger partial charge in [-0.2, -0.15) is 0 Å². The summed E-state index contributed by atoms with van der Waals surface area (Å²) in [4.78, 5) is 0. The van der Waals surface area contributed by atoms with E-state index in [1.165, 1.54) is 0 Å². The number of halogens is 2. The van der Waals surface area contributed by atoms with Crippen LogP contribution in [0.1, 0.15) is 0 Å². The maximum absolute atomic E-state index is 6.20. The van der Waals surface area contributed by atoms with E-state index in [4.69, 9.17) is 32.7 Å². The largest absolute Gasteiger partial charge is 0.493 e. The molecule has 0 saturated heterocycles. The Morgan fingerprint density at radius 2 is 1.67 bits per heavy atom. The molecule has 94 valence electrons. The summed E-state index contributed by atoms with van der Waals surface area (Å²) >= 11 is 12.2. The highest BCUT2D eigenvalue weighted by molar-refractivity contribution is 6.35. The van der Waals surface area contributed by atoms with Gasteiger partial charge in [0.25, 0.3) is 0 Å². The average molecular weight is 283 g/mol. The summed E-state index contributed by atoms with van der Waals surface area (Å²) in [6, 6.07) is 11.0. The number of para-hydroxylation sites is 1. The third-order valence-corrected chi connectivity index (χ3v) is 3.19. The summed E-state index contributed by atoms with van der Waals surface area (Å²) in [5.74, 6) is 1.30. The van der Waals surface area contributed by atoms with Crippen LogP contribution >= 0.6 is 23.2 Å².